The zero-order chi connectivity index (χ0) is 25.2. The number of carbonyl (C=O) groups is 2. The smallest absolute Gasteiger partial charge is 0.465 e. The third kappa shape index (κ3) is 4.85. The molecule has 0 amide bonds. The van der Waals surface area contributed by atoms with Gasteiger partial charge in [-0.1, -0.05) is 18.2 Å². The van der Waals surface area contributed by atoms with Crippen molar-refractivity contribution in [3.63, 3.8) is 0 Å². The lowest BCUT2D eigenvalue weighted by Crippen LogP contribution is -2.18. The van der Waals surface area contributed by atoms with Crippen LogP contribution in [-0.2, 0) is 9.47 Å². The summed E-state index contributed by atoms with van der Waals surface area (Å²) in [6, 6.07) is 9.81. The molecule has 10 nitrogen and oxygen atoms in total. The molecule has 1 heterocycles. The number of para-hydroxylation sites is 1. The van der Waals surface area contributed by atoms with Gasteiger partial charge in [-0.25, -0.2) is 14.3 Å². The number of nitrogens with zero attached hydrogens (tertiary/aromatic N) is 3. The number of halogens is 4. The Balaban J connectivity index is 2.37. The van der Waals surface area contributed by atoms with Crippen LogP contribution in [-0.4, -0.2) is 47.2 Å². The standard InChI is InChI=1S/C20H13BrF3N3O7/c1-32-18(28)14-15(25-26(16(14)19(29)33-2)11-6-4-3-5-7-11)10-8-12(21)17(34-20(22,23)24)13(9-10)27(30)31/h3-9H,1-2H3. The highest BCUT2D eigenvalue weighted by Crippen LogP contribution is 2.43. The summed E-state index contributed by atoms with van der Waals surface area (Å²) in [6.07, 6.45) is -5.21. The lowest BCUT2D eigenvalue weighted by Gasteiger charge is -2.12. The molecule has 0 radical (unpaired) electrons. The Morgan fingerprint density at radius 1 is 1.09 bits per heavy atom. The van der Waals surface area contributed by atoms with E-state index < -0.39 is 44.7 Å². The molecule has 0 aliphatic heterocycles. The summed E-state index contributed by atoms with van der Waals surface area (Å²) < 4.78 is 52.3. The van der Waals surface area contributed by atoms with Crippen LogP contribution in [0.1, 0.15) is 20.8 Å². The number of nitro benzene ring substituents is 1. The van der Waals surface area contributed by atoms with Gasteiger partial charge in [0.05, 0.1) is 29.3 Å². The minimum Gasteiger partial charge on any atom is -0.465 e. The first-order valence-electron chi connectivity index (χ1n) is 9.07. The first kappa shape index (κ1) is 24.7. The predicted octanol–water partition coefficient (Wildman–Crippen LogP) is 4.68. The predicted molar refractivity (Wildman–Crippen MR) is 113 cm³/mol. The fourth-order valence-electron chi connectivity index (χ4n) is 3.02. The van der Waals surface area contributed by atoms with Crippen LogP contribution in [0.15, 0.2) is 46.9 Å². The van der Waals surface area contributed by atoms with E-state index in [-0.39, 0.29) is 17.0 Å². The number of benzene rings is 2. The van der Waals surface area contributed by atoms with Crippen LogP contribution < -0.4 is 4.74 Å². The van der Waals surface area contributed by atoms with Crippen LogP contribution >= 0.6 is 15.9 Å². The SMILES string of the molecule is COC(=O)c1c(-c2cc(Br)c(OC(F)(F)F)c([N+](=O)[O-])c2)nn(-c2ccccc2)c1C(=O)OC. The second-order valence-electron chi connectivity index (χ2n) is 6.41. The Morgan fingerprint density at radius 2 is 1.71 bits per heavy atom. The molecule has 0 unspecified atom stereocenters. The Kier molecular flexibility index (Phi) is 6.91. The van der Waals surface area contributed by atoms with Crippen molar-refractivity contribution in [2.24, 2.45) is 0 Å². The number of ether oxygens (including phenoxy) is 3. The molecule has 34 heavy (non-hydrogen) atoms. The number of esters is 2. The highest BCUT2D eigenvalue weighted by Gasteiger charge is 2.37. The van der Waals surface area contributed by atoms with Gasteiger partial charge in [0.1, 0.15) is 11.3 Å². The topological polar surface area (TPSA) is 123 Å². The van der Waals surface area contributed by atoms with Crippen LogP contribution in [0.4, 0.5) is 18.9 Å². The van der Waals surface area contributed by atoms with Crippen molar-refractivity contribution >= 4 is 33.6 Å². The number of hydrogen-bond acceptors (Lipinski definition) is 8. The molecule has 178 valence electrons. The summed E-state index contributed by atoms with van der Waals surface area (Å²) in [5.74, 6) is -3.11. The lowest BCUT2D eigenvalue weighted by atomic mass is 10.0. The van der Waals surface area contributed by atoms with Crippen LogP contribution in [0.25, 0.3) is 16.9 Å². The minimum atomic E-state index is -5.21. The average molecular weight is 544 g/mol. The van der Waals surface area contributed by atoms with Crippen LogP contribution in [0, 0.1) is 10.1 Å². The molecular weight excluding hydrogens is 531 g/mol. The third-order valence-electron chi connectivity index (χ3n) is 4.37. The van der Waals surface area contributed by atoms with Crippen LogP contribution in [0.2, 0.25) is 0 Å². The van der Waals surface area contributed by atoms with E-state index in [1.807, 2.05) is 0 Å². The first-order valence-corrected chi connectivity index (χ1v) is 9.87. The molecule has 3 aromatic rings. The monoisotopic (exact) mass is 543 g/mol. The lowest BCUT2D eigenvalue weighted by molar-refractivity contribution is -0.388. The molecule has 0 fully saturated rings. The molecule has 0 aliphatic carbocycles. The molecular formula is C20H13BrF3N3O7. The van der Waals surface area contributed by atoms with Crippen molar-refractivity contribution < 1.29 is 41.9 Å². The second kappa shape index (κ2) is 9.51. The number of rotatable bonds is 6. The van der Waals surface area contributed by atoms with E-state index in [2.05, 4.69) is 25.8 Å². The molecule has 14 heteroatoms. The molecule has 0 N–H and O–H groups in total. The van der Waals surface area contributed by atoms with Gasteiger partial charge in [-0.05, 0) is 34.1 Å². The summed E-state index contributed by atoms with van der Waals surface area (Å²) in [4.78, 5) is 35.7. The van der Waals surface area contributed by atoms with E-state index in [0.29, 0.717) is 5.69 Å². The second-order valence-corrected chi connectivity index (χ2v) is 7.27. The summed E-state index contributed by atoms with van der Waals surface area (Å²) in [6.45, 7) is 0. The maximum atomic E-state index is 12.8. The van der Waals surface area contributed by atoms with Crippen molar-refractivity contribution in [3.8, 4) is 22.7 Å². The maximum Gasteiger partial charge on any atom is 0.573 e. The third-order valence-corrected chi connectivity index (χ3v) is 4.96. The fourth-order valence-corrected chi connectivity index (χ4v) is 3.56. The number of carbonyl (C=O) groups excluding carboxylic acids is 2. The number of hydrogen-bond donors (Lipinski definition) is 0. The molecule has 1 aromatic heterocycles. The van der Waals surface area contributed by atoms with Crippen LogP contribution in [0.3, 0.4) is 0 Å². The van der Waals surface area contributed by atoms with Crippen LogP contribution in [0.5, 0.6) is 5.75 Å². The van der Waals surface area contributed by atoms with E-state index in [1.54, 1.807) is 30.3 Å². The largest absolute Gasteiger partial charge is 0.573 e. The van der Waals surface area contributed by atoms with E-state index in [0.717, 1.165) is 31.0 Å². The number of aromatic nitrogens is 2. The molecule has 0 aliphatic rings. The molecule has 0 spiro atoms. The Morgan fingerprint density at radius 3 is 2.24 bits per heavy atom. The summed E-state index contributed by atoms with van der Waals surface area (Å²) in [5, 5.41) is 15.8. The van der Waals surface area contributed by atoms with Gasteiger partial charge in [0.25, 0.3) is 0 Å². The van der Waals surface area contributed by atoms with Crippen molar-refractivity contribution in [2.45, 2.75) is 6.36 Å². The Hall–Kier alpha value is -3.94. The molecule has 0 saturated carbocycles. The molecule has 0 bridgehead atoms. The van der Waals surface area contributed by atoms with Gasteiger partial charge in [0.15, 0.2) is 5.69 Å². The summed E-state index contributed by atoms with van der Waals surface area (Å²) in [7, 11) is 2.10. The average Bonchev–Trinajstić information content (AvgIpc) is 3.19. The molecule has 0 atom stereocenters. The van der Waals surface area contributed by atoms with Gasteiger partial charge in [-0.2, -0.15) is 5.10 Å². The van der Waals surface area contributed by atoms with Crippen molar-refractivity contribution in [2.75, 3.05) is 14.2 Å². The quantitative estimate of drug-likeness (QED) is 0.249. The molecule has 0 saturated heterocycles. The zero-order valence-corrected chi connectivity index (χ0v) is 18.8. The highest BCUT2D eigenvalue weighted by molar-refractivity contribution is 9.10. The zero-order valence-electron chi connectivity index (χ0n) is 17.3. The summed E-state index contributed by atoms with van der Waals surface area (Å²) in [5.41, 5.74) is -1.96. The van der Waals surface area contributed by atoms with E-state index in [9.17, 15) is 32.9 Å². The van der Waals surface area contributed by atoms with E-state index >= 15 is 0 Å². The Bertz CT molecular complexity index is 1280. The number of nitro groups is 1. The maximum absolute atomic E-state index is 12.8. The van der Waals surface area contributed by atoms with Crippen molar-refractivity contribution in [1.29, 1.82) is 0 Å². The first-order chi connectivity index (χ1) is 16.0. The number of alkyl halides is 3. The van der Waals surface area contributed by atoms with Gasteiger partial charge in [-0.15, -0.1) is 13.2 Å². The fraction of sp³-hybridized carbons (Fsp3) is 0.150. The van der Waals surface area contributed by atoms with Crippen molar-refractivity contribution in [3.05, 3.63) is 68.3 Å². The van der Waals surface area contributed by atoms with Gasteiger partial charge < -0.3 is 14.2 Å². The van der Waals surface area contributed by atoms with Gasteiger partial charge >= 0.3 is 24.0 Å². The normalized spacial score (nSPS) is 11.1. The molecule has 3 rings (SSSR count). The van der Waals surface area contributed by atoms with Gasteiger partial charge in [0.2, 0.25) is 5.75 Å². The molecule has 2 aromatic carbocycles. The van der Waals surface area contributed by atoms with Crippen molar-refractivity contribution in [1.82, 2.24) is 9.78 Å². The van der Waals surface area contributed by atoms with E-state index in [4.69, 9.17) is 9.47 Å². The Labute approximate surface area is 197 Å². The van der Waals surface area contributed by atoms with Gasteiger partial charge in [0, 0.05) is 11.6 Å². The van der Waals surface area contributed by atoms with E-state index in [1.165, 1.54) is 0 Å². The van der Waals surface area contributed by atoms with Gasteiger partial charge in [-0.3, -0.25) is 10.1 Å². The summed E-state index contributed by atoms with van der Waals surface area (Å²) >= 11 is 2.84. The minimum absolute atomic E-state index is 0.173. The number of methoxy groups -OCH3 is 2. The highest BCUT2D eigenvalue weighted by atomic mass is 79.9.